The first-order valence-corrected chi connectivity index (χ1v) is 8.16. The van der Waals surface area contributed by atoms with Crippen LogP contribution in [0.25, 0.3) is 11.1 Å². The minimum absolute atomic E-state index is 0.160. The van der Waals surface area contributed by atoms with Crippen molar-refractivity contribution in [1.29, 1.82) is 0 Å². The van der Waals surface area contributed by atoms with Gasteiger partial charge in [-0.2, -0.15) is 0 Å². The summed E-state index contributed by atoms with van der Waals surface area (Å²) in [5.41, 5.74) is 6.28. The number of hydrogen-bond donors (Lipinski definition) is 2. The molecule has 8 heteroatoms. The first kappa shape index (κ1) is 16.2. The molecule has 1 aromatic carbocycles. The topological polar surface area (TPSA) is 97.1 Å². The van der Waals surface area contributed by atoms with E-state index in [0.717, 1.165) is 18.5 Å². The van der Waals surface area contributed by atoms with Gasteiger partial charge in [0.25, 0.3) is 17.5 Å². The van der Waals surface area contributed by atoms with Crippen LogP contribution in [0.2, 0.25) is 0 Å². The Kier molecular flexibility index (Phi) is 3.87. The van der Waals surface area contributed by atoms with Gasteiger partial charge >= 0.3 is 0 Å². The van der Waals surface area contributed by atoms with E-state index in [4.69, 9.17) is 4.52 Å². The Bertz CT molecular complexity index is 1030. The fourth-order valence-electron chi connectivity index (χ4n) is 2.77. The molecule has 2 amide bonds. The van der Waals surface area contributed by atoms with E-state index < -0.39 is 17.6 Å². The van der Waals surface area contributed by atoms with E-state index in [2.05, 4.69) is 21.0 Å². The second-order valence-electron chi connectivity index (χ2n) is 6.21. The maximum absolute atomic E-state index is 13.7. The van der Waals surface area contributed by atoms with E-state index in [1.54, 1.807) is 13.0 Å². The molecule has 1 saturated carbocycles. The predicted octanol–water partition coefficient (Wildman–Crippen LogP) is 2.62. The van der Waals surface area contributed by atoms with Gasteiger partial charge in [0.1, 0.15) is 5.82 Å². The molecule has 132 valence electrons. The van der Waals surface area contributed by atoms with Crippen LogP contribution in [0, 0.1) is 12.7 Å². The number of aromatic nitrogens is 2. The standard InChI is InChI=1S/C18H15FN4O3/c1-9-15-12(8-14(10-6-7-10)20-18(15)26-23-9)17(25)22-21-16(24)11-4-2-3-5-13(11)19/h2-5,8,10H,6-7H2,1H3,(H,21,24)(H,22,25). The summed E-state index contributed by atoms with van der Waals surface area (Å²) >= 11 is 0. The van der Waals surface area contributed by atoms with Crippen molar-refractivity contribution in [3.63, 3.8) is 0 Å². The predicted molar refractivity (Wildman–Crippen MR) is 89.8 cm³/mol. The SMILES string of the molecule is Cc1noc2nc(C3CC3)cc(C(=O)NNC(=O)c3ccccc3F)c12. The van der Waals surface area contributed by atoms with Gasteiger partial charge in [-0.15, -0.1) is 0 Å². The summed E-state index contributed by atoms with van der Waals surface area (Å²) in [6, 6.07) is 7.21. The van der Waals surface area contributed by atoms with Crippen LogP contribution in [-0.2, 0) is 0 Å². The van der Waals surface area contributed by atoms with Gasteiger partial charge in [0.05, 0.1) is 22.2 Å². The molecule has 0 spiro atoms. The fourth-order valence-corrected chi connectivity index (χ4v) is 2.77. The lowest BCUT2D eigenvalue weighted by molar-refractivity contribution is 0.0845. The van der Waals surface area contributed by atoms with E-state index in [0.29, 0.717) is 22.6 Å². The summed E-state index contributed by atoms with van der Waals surface area (Å²) in [7, 11) is 0. The van der Waals surface area contributed by atoms with Gasteiger partial charge in [-0.25, -0.2) is 9.37 Å². The fraction of sp³-hybridized carbons (Fsp3) is 0.222. The highest BCUT2D eigenvalue weighted by Gasteiger charge is 2.28. The third-order valence-electron chi connectivity index (χ3n) is 4.29. The third-order valence-corrected chi connectivity index (χ3v) is 4.29. The maximum Gasteiger partial charge on any atom is 0.272 e. The Balaban J connectivity index is 1.59. The molecule has 0 atom stereocenters. The number of pyridine rings is 1. The Morgan fingerprint density at radius 2 is 1.85 bits per heavy atom. The first-order valence-electron chi connectivity index (χ1n) is 8.16. The molecule has 1 aliphatic carbocycles. The number of nitrogens with one attached hydrogen (secondary N) is 2. The smallest absolute Gasteiger partial charge is 0.272 e. The number of aryl methyl sites for hydroxylation is 1. The number of fused-ring (bicyclic) bond motifs is 1. The van der Waals surface area contributed by atoms with Crippen molar-refractivity contribution in [2.75, 3.05) is 0 Å². The summed E-state index contributed by atoms with van der Waals surface area (Å²) in [4.78, 5) is 29.1. The molecule has 2 aromatic heterocycles. The highest BCUT2D eigenvalue weighted by Crippen LogP contribution is 2.40. The lowest BCUT2D eigenvalue weighted by Crippen LogP contribution is -2.42. The zero-order valence-corrected chi connectivity index (χ0v) is 13.9. The molecule has 3 aromatic rings. The number of hydrogen-bond acceptors (Lipinski definition) is 5. The zero-order chi connectivity index (χ0) is 18.3. The van der Waals surface area contributed by atoms with Gasteiger partial charge in [-0.05, 0) is 38.0 Å². The summed E-state index contributed by atoms with van der Waals surface area (Å²) in [6.07, 6.45) is 2.02. The van der Waals surface area contributed by atoms with Crippen LogP contribution in [0.3, 0.4) is 0 Å². The summed E-state index contributed by atoms with van der Waals surface area (Å²) in [6.45, 7) is 1.71. The largest absolute Gasteiger partial charge is 0.336 e. The Labute approximate surface area is 147 Å². The van der Waals surface area contributed by atoms with Gasteiger partial charge in [-0.1, -0.05) is 17.3 Å². The van der Waals surface area contributed by atoms with Crippen LogP contribution in [-0.4, -0.2) is 22.0 Å². The lowest BCUT2D eigenvalue weighted by atomic mass is 10.1. The van der Waals surface area contributed by atoms with Crippen LogP contribution in [0.5, 0.6) is 0 Å². The highest BCUT2D eigenvalue weighted by atomic mass is 19.1. The van der Waals surface area contributed by atoms with Crippen LogP contribution < -0.4 is 10.9 Å². The van der Waals surface area contributed by atoms with Crippen molar-refractivity contribution < 1.29 is 18.5 Å². The molecule has 1 aliphatic rings. The van der Waals surface area contributed by atoms with Crippen molar-refractivity contribution in [3.8, 4) is 0 Å². The molecule has 1 fully saturated rings. The number of amides is 2. The molecular formula is C18H15FN4O3. The van der Waals surface area contributed by atoms with Gasteiger partial charge in [0.15, 0.2) is 0 Å². The van der Waals surface area contributed by atoms with Crippen LogP contribution in [0.1, 0.15) is 50.9 Å². The number of nitrogens with zero attached hydrogens (tertiary/aromatic N) is 2. The van der Waals surface area contributed by atoms with Crippen LogP contribution in [0.15, 0.2) is 34.9 Å². The summed E-state index contributed by atoms with van der Waals surface area (Å²) < 4.78 is 18.8. The molecule has 2 heterocycles. The molecule has 0 saturated heterocycles. The molecule has 0 radical (unpaired) electrons. The van der Waals surface area contributed by atoms with Crippen molar-refractivity contribution in [3.05, 3.63) is 58.7 Å². The highest BCUT2D eigenvalue weighted by molar-refractivity contribution is 6.07. The molecular weight excluding hydrogens is 339 g/mol. The quantitative estimate of drug-likeness (QED) is 0.705. The normalized spacial score (nSPS) is 13.6. The van der Waals surface area contributed by atoms with E-state index in [-0.39, 0.29) is 11.3 Å². The molecule has 0 unspecified atom stereocenters. The zero-order valence-electron chi connectivity index (χ0n) is 13.9. The monoisotopic (exact) mass is 354 g/mol. The first-order chi connectivity index (χ1) is 12.5. The van der Waals surface area contributed by atoms with Gasteiger partial charge < -0.3 is 4.52 Å². The number of hydrazine groups is 1. The molecule has 2 N–H and O–H groups in total. The van der Waals surface area contributed by atoms with Crippen molar-refractivity contribution in [2.45, 2.75) is 25.7 Å². The summed E-state index contributed by atoms with van der Waals surface area (Å²) in [5, 5.41) is 4.35. The average molecular weight is 354 g/mol. The van der Waals surface area contributed by atoms with Crippen molar-refractivity contribution in [1.82, 2.24) is 21.0 Å². The summed E-state index contributed by atoms with van der Waals surface area (Å²) in [5.74, 6) is -1.65. The van der Waals surface area contributed by atoms with Gasteiger partial charge in [0.2, 0.25) is 0 Å². The number of rotatable bonds is 3. The average Bonchev–Trinajstić information content (AvgIpc) is 3.43. The Morgan fingerprint density at radius 1 is 1.15 bits per heavy atom. The minimum Gasteiger partial charge on any atom is -0.336 e. The molecule has 7 nitrogen and oxygen atoms in total. The molecule has 4 rings (SSSR count). The van der Waals surface area contributed by atoms with E-state index in [9.17, 15) is 14.0 Å². The molecule has 0 aliphatic heterocycles. The van der Waals surface area contributed by atoms with Gasteiger partial charge in [0, 0.05) is 11.6 Å². The van der Waals surface area contributed by atoms with Crippen LogP contribution >= 0.6 is 0 Å². The van der Waals surface area contributed by atoms with Crippen LogP contribution in [0.4, 0.5) is 4.39 Å². The van der Waals surface area contributed by atoms with E-state index in [1.165, 1.54) is 24.3 Å². The number of halogens is 1. The Hall–Kier alpha value is -3.29. The van der Waals surface area contributed by atoms with Crippen molar-refractivity contribution in [2.24, 2.45) is 0 Å². The molecule has 0 bridgehead atoms. The number of carbonyl (C=O) groups excluding carboxylic acids is 2. The number of carbonyl (C=O) groups is 2. The van der Waals surface area contributed by atoms with E-state index >= 15 is 0 Å². The van der Waals surface area contributed by atoms with Crippen molar-refractivity contribution >= 4 is 22.9 Å². The maximum atomic E-state index is 13.7. The minimum atomic E-state index is -0.744. The van der Waals surface area contributed by atoms with Gasteiger partial charge in [-0.3, -0.25) is 20.4 Å². The second-order valence-corrected chi connectivity index (χ2v) is 6.21. The number of benzene rings is 1. The second kappa shape index (κ2) is 6.21. The third kappa shape index (κ3) is 2.90. The Morgan fingerprint density at radius 3 is 2.54 bits per heavy atom. The lowest BCUT2D eigenvalue weighted by Gasteiger charge is -2.09. The van der Waals surface area contributed by atoms with E-state index in [1.807, 2.05) is 0 Å². The molecule has 26 heavy (non-hydrogen) atoms.